The summed E-state index contributed by atoms with van der Waals surface area (Å²) in [6, 6.07) is 0. The van der Waals surface area contributed by atoms with Crippen LogP contribution in [0.3, 0.4) is 0 Å². The normalized spacial score (nSPS) is 17.7. The molecule has 81 heavy (non-hydrogen) atoms. The van der Waals surface area contributed by atoms with Crippen molar-refractivity contribution in [3.63, 3.8) is 0 Å². The molecule has 0 aromatic heterocycles. The molecule has 1 aliphatic rings. The van der Waals surface area contributed by atoms with Gasteiger partial charge in [-0.25, -0.2) is 4.79 Å². The summed E-state index contributed by atoms with van der Waals surface area (Å²) in [4.78, 5) is 51.4. The second-order valence-corrected chi connectivity index (χ2v) is 24.2. The van der Waals surface area contributed by atoms with Gasteiger partial charge in [0.25, 0.3) is 0 Å². The molecule has 476 valence electrons. The minimum atomic E-state index is -1.90. The summed E-state index contributed by atoms with van der Waals surface area (Å²) >= 11 is 0. The van der Waals surface area contributed by atoms with Gasteiger partial charge in [-0.1, -0.05) is 303 Å². The maximum Gasteiger partial charge on any atom is 0.335 e. The molecule has 0 bridgehead atoms. The zero-order valence-electron chi connectivity index (χ0n) is 52.8. The Morgan fingerprint density at radius 2 is 0.704 bits per heavy atom. The summed E-state index contributed by atoms with van der Waals surface area (Å²) in [5.41, 5.74) is 0. The van der Waals surface area contributed by atoms with Gasteiger partial charge in [-0.2, -0.15) is 0 Å². The van der Waals surface area contributed by atoms with Crippen LogP contribution in [-0.4, -0.2) is 89.2 Å². The minimum Gasteiger partial charge on any atom is -0.479 e. The fourth-order valence-corrected chi connectivity index (χ4v) is 11.0. The van der Waals surface area contributed by atoms with Crippen LogP contribution in [0.15, 0.2) is 12.2 Å². The Labute approximate surface area is 496 Å². The minimum absolute atomic E-state index is 0.0687. The molecule has 12 heteroatoms. The molecule has 0 aromatic carbocycles. The molecule has 1 rings (SSSR count). The summed E-state index contributed by atoms with van der Waals surface area (Å²) in [5, 5.41) is 31.6. The average Bonchev–Trinajstić information content (AvgIpc) is 3.52. The number of aliphatic hydroxyl groups excluding tert-OH is 2. The van der Waals surface area contributed by atoms with Crippen molar-refractivity contribution in [3.8, 4) is 0 Å². The van der Waals surface area contributed by atoms with Gasteiger partial charge < -0.3 is 39.0 Å². The Morgan fingerprint density at radius 1 is 0.395 bits per heavy atom. The summed E-state index contributed by atoms with van der Waals surface area (Å²) in [6.45, 7) is 6.06. The number of esters is 3. The van der Waals surface area contributed by atoms with E-state index in [0.29, 0.717) is 19.3 Å². The fraction of sp³-hybridized carbons (Fsp3) is 0.913. The molecule has 6 atom stereocenters. The number of allylic oxidation sites excluding steroid dienone is 2. The molecule has 0 radical (unpaired) electrons. The lowest BCUT2D eigenvalue weighted by Crippen LogP contribution is -2.61. The Morgan fingerprint density at radius 3 is 1.05 bits per heavy atom. The third-order valence-electron chi connectivity index (χ3n) is 16.3. The van der Waals surface area contributed by atoms with Crippen LogP contribution in [0.5, 0.6) is 0 Å². The summed E-state index contributed by atoms with van der Waals surface area (Å²) in [6.07, 6.45) is 54.5. The maximum absolute atomic E-state index is 13.2. The molecule has 6 unspecified atom stereocenters. The second-order valence-electron chi connectivity index (χ2n) is 24.2. The molecular weight excluding hydrogens is 1020 g/mol. The van der Waals surface area contributed by atoms with Crippen LogP contribution in [0.2, 0.25) is 0 Å². The molecule has 0 aliphatic carbocycles. The van der Waals surface area contributed by atoms with E-state index in [-0.39, 0.29) is 25.9 Å². The quantitative estimate of drug-likeness (QED) is 0.0228. The first-order valence-electron chi connectivity index (χ1n) is 34.7. The summed E-state index contributed by atoms with van der Waals surface area (Å²) in [5.74, 6) is -3.08. The number of carbonyl (C=O) groups excluding carboxylic acids is 3. The topological polar surface area (TPSA) is 175 Å². The van der Waals surface area contributed by atoms with Crippen LogP contribution in [0.1, 0.15) is 355 Å². The second kappa shape index (κ2) is 57.9. The largest absolute Gasteiger partial charge is 0.479 e. The van der Waals surface area contributed by atoms with Gasteiger partial charge in [0.2, 0.25) is 0 Å². The highest BCUT2D eigenvalue weighted by atomic mass is 16.7. The first kappa shape index (κ1) is 76.5. The standard InChI is InChI=1S/C69H128O12/c1-4-7-10-13-16-19-22-25-28-30-31-33-36-39-42-45-48-51-54-57-63(72)80-67-65(74)64(73)66(68(75)76)81-69(67)78-59-60(79-62(71)56-53-50-47-44-41-38-34-27-24-21-18-15-12-9-6-3)58-77-61(70)55-52-49-46-43-40-37-35-32-29-26-23-20-17-14-11-8-5-2/h27,34,60,64-67,69,73-74H,4-26,28-33,35-59H2,1-3H3,(H,75,76)/b34-27-. The molecule has 12 nitrogen and oxygen atoms in total. The van der Waals surface area contributed by atoms with Gasteiger partial charge in [0.05, 0.1) is 6.61 Å². The lowest BCUT2D eigenvalue weighted by molar-refractivity contribution is -0.301. The molecule has 0 saturated carbocycles. The van der Waals surface area contributed by atoms with E-state index in [1.165, 1.54) is 218 Å². The van der Waals surface area contributed by atoms with Crippen molar-refractivity contribution in [1.82, 2.24) is 0 Å². The van der Waals surface area contributed by atoms with Crippen LogP contribution in [0.4, 0.5) is 0 Å². The van der Waals surface area contributed by atoms with Gasteiger partial charge in [0.15, 0.2) is 24.6 Å². The van der Waals surface area contributed by atoms with Crippen LogP contribution in [0.25, 0.3) is 0 Å². The van der Waals surface area contributed by atoms with E-state index in [2.05, 4.69) is 32.9 Å². The van der Waals surface area contributed by atoms with Gasteiger partial charge in [-0.3, -0.25) is 14.4 Å². The van der Waals surface area contributed by atoms with E-state index < -0.39 is 67.3 Å². The SMILES string of the molecule is CCCCCCCC/C=C\CCCCCCCC(=O)OC(COC(=O)CCCCCCCCCCCCCCCCCCC)COC1OC(C(=O)O)C(O)C(O)C1OC(=O)CCCCCCCCCCCCCCCCCCCCC. The molecule has 1 fully saturated rings. The van der Waals surface area contributed by atoms with Crippen LogP contribution in [-0.2, 0) is 42.9 Å². The molecule has 1 aliphatic heterocycles. The fourth-order valence-electron chi connectivity index (χ4n) is 11.0. The van der Waals surface area contributed by atoms with E-state index in [1.54, 1.807) is 0 Å². The van der Waals surface area contributed by atoms with Crippen molar-refractivity contribution in [3.05, 3.63) is 12.2 Å². The third kappa shape index (κ3) is 47.4. The van der Waals surface area contributed by atoms with Gasteiger partial charge in [0, 0.05) is 19.3 Å². The first-order valence-corrected chi connectivity index (χ1v) is 34.7. The number of aliphatic hydroxyl groups is 2. The number of rotatable bonds is 61. The monoisotopic (exact) mass is 1150 g/mol. The highest BCUT2D eigenvalue weighted by Gasteiger charge is 2.50. The van der Waals surface area contributed by atoms with E-state index in [1.807, 2.05) is 0 Å². The van der Waals surface area contributed by atoms with Gasteiger partial charge >= 0.3 is 23.9 Å². The number of hydrogen-bond donors (Lipinski definition) is 3. The smallest absolute Gasteiger partial charge is 0.335 e. The van der Waals surface area contributed by atoms with E-state index in [0.717, 1.165) is 77.0 Å². The Hall–Kier alpha value is -2.54. The Kier molecular flexibility index (Phi) is 54.6. The van der Waals surface area contributed by atoms with Crippen molar-refractivity contribution in [2.24, 2.45) is 0 Å². The molecule has 0 spiro atoms. The van der Waals surface area contributed by atoms with Crippen molar-refractivity contribution < 1.29 is 58.2 Å². The zero-order chi connectivity index (χ0) is 58.9. The number of carbonyl (C=O) groups is 4. The summed E-state index contributed by atoms with van der Waals surface area (Å²) < 4.78 is 28.6. The van der Waals surface area contributed by atoms with Gasteiger partial charge in [-0.15, -0.1) is 0 Å². The molecule has 1 saturated heterocycles. The van der Waals surface area contributed by atoms with E-state index >= 15 is 0 Å². The zero-order valence-corrected chi connectivity index (χ0v) is 52.8. The predicted molar refractivity (Wildman–Crippen MR) is 331 cm³/mol. The van der Waals surface area contributed by atoms with Crippen molar-refractivity contribution >= 4 is 23.9 Å². The summed E-state index contributed by atoms with van der Waals surface area (Å²) in [7, 11) is 0. The van der Waals surface area contributed by atoms with Crippen molar-refractivity contribution in [2.75, 3.05) is 13.2 Å². The van der Waals surface area contributed by atoms with Crippen molar-refractivity contribution in [2.45, 2.75) is 391 Å². The predicted octanol–water partition coefficient (Wildman–Crippen LogP) is 18.8. The molecule has 0 amide bonds. The number of aliphatic carboxylic acids is 1. The van der Waals surface area contributed by atoms with Gasteiger partial charge in [-0.05, 0) is 44.9 Å². The highest BCUT2D eigenvalue weighted by molar-refractivity contribution is 5.74. The Bertz CT molecular complexity index is 1460. The van der Waals surface area contributed by atoms with Crippen LogP contribution < -0.4 is 0 Å². The molecule has 1 heterocycles. The van der Waals surface area contributed by atoms with Gasteiger partial charge in [0.1, 0.15) is 18.8 Å². The maximum atomic E-state index is 13.2. The highest BCUT2D eigenvalue weighted by Crippen LogP contribution is 2.27. The molecule has 3 N–H and O–H groups in total. The number of unbranched alkanes of at least 4 members (excludes halogenated alkanes) is 45. The lowest BCUT2D eigenvalue weighted by atomic mass is 9.98. The number of ether oxygens (including phenoxy) is 5. The molecular formula is C69H128O12. The van der Waals surface area contributed by atoms with E-state index in [9.17, 15) is 34.5 Å². The third-order valence-corrected chi connectivity index (χ3v) is 16.3. The first-order chi connectivity index (χ1) is 39.6. The average molecular weight is 1150 g/mol. The number of hydrogen-bond acceptors (Lipinski definition) is 11. The van der Waals surface area contributed by atoms with E-state index in [4.69, 9.17) is 23.7 Å². The van der Waals surface area contributed by atoms with Crippen molar-refractivity contribution in [1.29, 1.82) is 0 Å². The molecule has 0 aromatic rings. The number of carboxylic acid groups (broad SMARTS) is 1. The Balaban J connectivity index is 2.61. The van der Waals surface area contributed by atoms with Crippen LogP contribution in [0, 0.1) is 0 Å². The number of carboxylic acids is 1. The lowest BCUT2D eigenvalue weighted by Gasteiger charge is -2.40. The van der Waals surface area contributed by atoms with Crippen LogP contribution >= 0.6 is 0 Å².